The highest BCUT2D eigenvalue weighted by atomic mass is 32.2. The lowest BCUT2D eigenvalue weighted by atomic mass is 10.4. The van der Waals surface area contributed by atoms with Gasteiger partial charge in [0.1, 0.15) is 17.5 Å². The SMILES string of the molecule is CCCNc1cc(SCC(=O)OCC)nc(COCC)n1. The van der Waals surface area contributed by atoms with E-state index in [1.807, 2.05) is 13.0 Å². The van der Waals surface area contributed by atoms with Crippen molar-refractivity contribution < 1.29 is 14.3 Å². The Morgan fingerprint density at radius 1 is 1.29 bits per heavy atom. The monoisotopic (exact) mass is 313 g/mol. The van der Waals surface area contributed by atoms with Crippen LogP contribution in [0.25, 0.3) is 0 Å². The number of rotatable bonds is 10. The number of esters is 1. The van der Waals surface area contributed by atoms with Crippen LogP contribution in [0.4, 0.5) is 5.82 Å². The fraction of sp³-hybridized carbons (Fsp3) is 0.643. The summed E-state index contributed by atoms with van der Waals surface area (Å²) in [6.45, 7) is 8.02. The maximum Gasteiger partial charge on any atom is 0.316 e. The number of aromatic nitrogens is 2. The first-order valence-electron chi connectivity index (χ1n) is 7.17. The highest BCUT2D eigenvalue weighted by molar-refractivity contribution is 7.99. The van der Waals surface area contributed by atoms with Crippen molar-refractivity contribution >= 4 is 23.5 Å². The van der Waals surface area contributed by atoms with Gasteiger partial charge in [-0.05, 0) is 20.3 Å². The van der Waals surface area contributed by atoms with Gasteiger partial charge in [0.15, 0.2) is 5.82 Å². The Balaban J connectivity index is 2.72. The van der Waals surface area contributed by atoms with Gasteiger partial charge in [-0.2, -0.15) is 0 Å². The maximum absolute atomic E-state index is 11.4. The Morgan fingerprint density at radius 2 is 2.10 bits per heavy atom. The molecule has 1 aromatic rings. The van der Waals surface area contributed by atoms with E-state index in [2.05, 4.69) is 22.2 Å². The molecule has 21 heavy (non-hydrogen) atoms. The molecule has 1 N–H and O–H groups in total. The Kier molecular flexibility index (Phi) is 8.77. The molecule has 0 aromatic carbocycles. The predicted molar refractivity (Wildman–Crippen MR) is 83.5 cm³/mol. The number of hydrogen-bond donors (Lipinski definition) is 1. The number of carbonyl (C=O) groups excluding carboxylic acids is 1. The second kappa shape index (κ2) is 10.4. The van der Waals surface area contributed by atoms with E-state index < -0.39 is 0 Å². The van der Waals surface area contributed by atoms with Gasteiger partial charge in [0.25, 0.3) is 0 Å². The predicted octanol–water partition coefficient (Wildman–Crippen LogP) is 2.49. The van der Waals surface area contributed by atoms with Gasteiger partial charge in [-0.25, -0.2) is 9.97 Å². The topological polar surface area (TPSA) is 73.3 Å². The molecule has 0 aliphatic rings. The first kappa shape index (κ1) is 17.7. The molecule has 0 radical (unpaired) electrons. The quantitative estimate of drug-likeness (QED) is 0.404. The van der Waals surface area contributed by atoms with Crippen molar-refractivity contribution in [2.75, 3.05) is 30.8 Å². The van der Waals surface area contributed by atoms with Gasteiger partial charge < -0.3 is 14.8 Å². The number of nitrogens with one attached hydrogen (secondary N) is 1. The van der Waals surface area contributed by atoms with Gasteiger partial charge in [0.05, 0.1) is 12.4 Å². The zero-order valence-electron chi connectivity index (χ0n) is 12.8. The van der Waals surface area contributed by atoms with Crippen molar-refractivity contribution in [1.82, 2.24) is 9.97 Å². The van der Waals surface area contributed by atoms with E-state index in [-0.39, 0.29) is 11.7 Å². The average Bonchev–Trinajstić information content (AvgIpc) is 2.49. The fourth-order valence-electron chi connectivity index (χ4n) is 1.48. The van der Waals surface area contributed by atoms with Crippen LogP contribution in [0.5, 0.6) is 0 Å². The molecule has 0 spiro atoms. The van der Waals surface area contributed by atoms with E-state index >= 15 is 0 Å². The first-order valence-corrected chi connectivity index (χ1v) is 8.16. The van der Waals surface area contributed by atoms with Gasteiger partial charge in [-0.15, -0.1) is 0 Å². The highest BCUT2D eigenvalue weighted by Gasteiger charge is 2.08. The van der Waals surface area contributed by atoms with Crippen molar-refractivity contribution in [1.29, 1.82) is 0 Å². The third-order valence-electron chi connectivity index (χ3n) is 2.38. The smallest absolute Gasteiger partial charge is 0.316 e. The second-order valence-corrected chi connectivity index (χ2v) is 5.16. The summed E-state index contributed by atoms with van der Waals surface area (Å²) in [5.41, 5.74) is 0. The van der Waals surface area contributed by atoms with Gasteiger partial charge in [-0.3, -0.25) is 4.79 Å². The minimum absolute atomic E-state index is 0.240. The number of hydrogen-bond acceptors (Lipinski definition) is 7. The maximum atomic E-state index is 11.4. The van der Waals surface area contributed by atoms with Crippen LogP contribution in [-0.4, -0.2) is 41.4 Å². The van der Waals surface area contributed by atoms with Crippen LogP contribution < -0.4 is 5.32 Å². The van der Waals surface area contributed by atoms with Crippen LogP contribution in [0, 0.1) is 0 Å². The van der Waals surface area contributed by atoms with Crippen LogP contribution in [0.2, 0.25) is 0 Å². The number of anilines is 1. The normalized spacial score (nSPS) is 10.4. The minimum atomic E-state index is -0.240. The van der Waals surface area contributed by atoms with Crippen LogP contribution >= 0.6 is 11.8 Å². The van der Waals surface area contributed by atoms with Crippen molar-refractivity contribution in [3.63, 3.8) is 0 Å². The minimum Gasteiger partial charge on any atom is -0.465 e. The number of ether oxygens (including phenoxy) is 2. The molecule has 0 amide bonds. The summed E-state index contributed by atoms with van der Waals surface area (Å²) < 4.78 is 10.3. The largest absolute Gasteiger partial charge is 0.465 e. The molecule has 1 rings (SSSR count). The lowest BCUT2D eigenvalue weighted by Crippen LogP contribution is -2.09. The molecule has 0 unspecified atom stereocenters. The molecule has 0 fully saturated rings. The van der Waals surface area contributed by atoms with E-state index in [0.717, 1.165) is 23.8 Å². The van der Waals surface area contributed by atoms with E-state index in [1.165, 1.54) is 11.8 Å². The molecule has 7 heteroatoms. The molecule has 0 aliphatic heterocycles. The van der Waals surface area contributed by atoms with Crippen molar-refractivity contribution in [2.24, 2.45) is 0 Å². The molecule has 0 saturated heterocycles. The number of thioether (sulfide) groups is 1. The Bertz CT molecular complexity index is 417. The molecular weight excluding hydrogens is 290 g/mol. The average molecular weight is 313 g/mol. The third kappa shape index (κ3) is 7.29. The molecule has 0 aliphatic carbocycles. The number of carbonyl (C=O) groups is 1. The zero-order chi connectivity index (χ0) is 15.5. The Labute approximate surface area is 130 Å². The van der Waals surface area contributed by atoms with Gasteiger partial charge in [0.2, 0.25) is 0 Å². The number of nitrogens with zero attached hydrogens (tertiary/aromatic N) is 2. The van der Waals surface area contributed by atoms with Gasteiger partial charge >= 0.3 is 5.97 Å². The molecular formula is C14H23N3O3S. The van der Waals surface area contributed by atoms with Crippen LogP contribution in [-0.2, 0) is 20.9 Å². The molecule has 0 atom stereocenters. The van der Waals surface area contributed by atoms with E-state index in [4.69, 9.17) is 9.47 Å². The Morgan fingerprint density at radius 3 is 2.76 bits per heavy atom. The lowest BCUT2D eigenvalue weighted by Gasteiger charge is -2.09. The lowest BCUT2D eigenvalue weighted by molar-refractivity contribution is -0.139. The van der Waals surface area contributed by atoms with E-state index in [9.17, 15) is 4.79 Å². The van der Waals surface area contributed by atoms with E-state index in [0.29, 0.717) is 25.6 Å². The van der Waals surface area contributed by atoms with Crippen LogP contribution in [0.3, 0.4) is 0 Å². The third-order valence-corrected chi connectivity index (χ3v) is 3.27. The summed E-state index contributed by atoms with van der Waals surface area (Å²) in [6.07, 6.45) is 1.01. The van der Waals surface area contributed by atoms with E-state index in [1.54, 1.807) is 6.92 Å². The first-order chi connectivity index (χ1) is 10.2. The molecule has 1 heterocycles. The fourth-order valence-corrected chi connectivity index (χ4v) is 2.20. The van der Waals surface area contributed by atoms with Gasteiger partial charge in [0, 0.05) is 19.2 Å². The van der Waals surface area contributed by atoms with Crippen molar-refractivity contribution in [2.45, 2.75) is 38.8 Å². The summed E-state index contributed by atoms with van der Waals surface area (Å²) >= 11 is 1.34. The summed E-state index contributed by atoms with van der Waals surface area (Å²) in [7, 11) is 0. The second-order valence-electron chi connectivity index (χ2n) is 4.17. The summed E-state index contributed by atoms with van der Waals surface area (Å²) in [5.74, 6) is 1.37. The summed E-state index contributed by atoms with van der Waals surface area (Å²) in [6, 6.07) is 1.84. The Hall–Kier alpha value is -1.34. The molecule has 118 valence electrons. The van der Waals surface area contributed by atoms with Crippen molar-refractivity contribution in [3.8, 4) is 0 Å². The van der Waals surface area contributed by atoms with Crippen LogP contribution in [0.1, 0.15) is 33.0 Å². The molecule has 0 bridgehead atoms. The zero-order valence-corrected chi connectivity index (χ0v) is 13.7. The molecule has 0 saturated carbocycles. The standard InChI is InChI=1S/C14H23N3O3S/c1-4-7-15-11-8-13(21-10-14(18)20-6-3)17-12(16-11)9-19-5-2/h8H,4-7,9-10H2,1-3H3,(H,15,16,17). The van der Waals surface area contributed by atoms with Crippen LogP contribution in [0.15, 0.2) is 11.1 Å². The molecule has 1 aromatic heterocycles. The summed E-state index contributed by atoms with van der Waals surface area (Å²) in [5, 5.41) is 3.97. The molecule has 6 nitrogen and oxygen atoms in total. The van der Waals surface area contributed by atoms with Gasteiger partial charge in [-0.1, -0.05) is 18.7 Å². The van der Waals surface area contributed by atoms with Crippen molar-refractivity contribution in [3.05, 3.63) is 11.9 Å². The summed E-state index contributed by atoms with van der Waals surface area (Å²) in [4.78, 5) is 20.2. The highest BCUT2D eigenvalue weighted by Crippen LogP contribution is 2.19.